The summed E-state index contributed by atoms with van der Waals surface area (Å²) in [6.45, 7) is 8.45. The van der Waals surface area contributed by atoms with Gasteiger partial charge in [-0.15, -0.1) is 0 Å². The lowest BCUT2D eigenvalue weighted by molar-refractivity contribution is -0.0710. The second-order valence-electron chi connectivity index (χ2n) is 8.23. The highest BCUT2D eigenvalue weighted by Crippen LogP contribution is 2.35. The van der Waals surface area contributed by atoms with Crippen LogP contribution in [-0.4, -0.2) is 40.6 Å². The summed E-state index contributed by atoms with van der Waals surface area (Å²) in [5, 5.41) is 10.4. The zero-order chi connectivity index (χ0) is 18.9. The van der Waals surface area contributed by atoms with Crippen molar-refractivity contribution in [2.75, 3.05) is 12.8 Å². The van der Waals surface area contributed by atoms with E-state index >= 15 is 0 Å². The summed E-state index contributed by atoms with van der Waals surface area (Å²) in [5.74, 6) is 0.991. The third-order valence-electron chi connectivity index (χ3n) is 5.11. The van der Waals surface area contributed by atoms with E-state index in [1.54, 1.807) is 11.8 Å². The molecule has 0 saturated carbocycles. The first-order valence-electron chi connectivity index (χ1n) is 9.47. The molecule has 1 fully saturated rings. The van der Waals surface area contributed by atoms with Crippen LogP contribution in [0.25, 0.3) is 0 Å². The van der Waals surface area contributed by atoms with E-state index in [0.29, 0.717) is 6.04 Å². The third kappa shape index (κ3) is 4.07. The number of benzene rings is 1. The van der Waals surface area contributed by atoms with E-state index in [9.17, 15) is 5.26 Å². The molecule has 140 valence electrons. The van der Waals surface area contributed by atoms with Gasteiger partial charge in [-0.05, 0) is 76.6 Å². The molecule has 1 aromatic carbocycles. The van der Waals surface area contributed by atoms with Gasteiger partial charge in [-0.2, -0.15) is 5.26 Å². The summed E-state index contributed by atoms with van der Waals surface area (Å²) >= 11 is 1.80. The van der Waals surface area contributed by atoms with Crippen LogP contribution in [0, 0.1) is 11.3 Å². The number of amidine groups is 1. The van der Waals surface area contributed by atoms with Gasteiger partial charge in [-0.1, -0.05) is 11.8 Å². The zero-order valence-electron chi connectivity index (χ0n) is 16.5. The summed E-state index contributed by atoms with van der Waals surface area (Å²) in [5.41, 5.74) is 4.21. The van der Waals surface area contributed by atoms with Gasteiger partial charge in [0.05, 0.1) is 35.1 Å². The highest BCUT2D eigenvalue weighted by molar-refractivity contribution is 8.14. The summed E-state index contributed by atoms with van der Waals surface area (Å²) in [7, 11) is 2.11. The molecule has 1 saturated heterocycles. The first-order chi connectivity index (χ1) is 12.3. The molecular weight excluding hydrogens is 342 g/mol. The van der Waals surface area contributed by atoms with Gasteiger partial charge in [0, 0.05) is 12.8 Å². The zero-order valence-corrected chi connectivity index (χ0v) is 17.3. The second kappa shape index (κ2) is 7.62. The maximum absolute atomic E-state index is 9.39. The van der Waals surface area contributed by atoms with E-state index in [2.05, 4.69) is 45.7 Å². The molecule has 0 bridgehead atoms. The van der Waals surface area contributed by atoms with E-state index < -0.39 is 0 Å². The van der Waals surface area contributed by atoms with Crippen LogP contribution in [0.2, 0.25) is 0 Å². The van der Waals surface area contributed by atoms with Crippen LogP contribution in [0.3, 0.4) is 0 Å². The number of hydrogen-bond acceptors (Lipinski definition) is 4. The molecule has 1 aliphatic carbocycles. The summed E-state index contributed by atoms with van der Waals surface area (Å²) in [6, 6.07) is 6.63. The van der Waals surface area contributed by atoms with Crippen molar-refractivity contribution in [3.05, 3.63) is 28.8 Å². The maximum atomic E-state index is 9.39. The Labute approximate surface area is 161 Å². The third-order valence-corrected chi connectivity index (χ3v) is 6.26. The van der Waals surface area contributed by atoms with Crippen molar-refractivity contribution in [2.45, 2.75) is 71.1 Å². The maximum Gasteiger partial charge on any atom is 0.164 e. The molecule has 0 aromatic heterocycles. The molecular formula is C21H29N3OS. The first kappa shape index (κ1) is 19.3. The number of hydrogen-bond donors (Lipinski definition) is 0. The Morgan fingerprint density at radius 1 is 1.27 bits per heavy atom. The first-order valence-corrected chi connectivity index (χ1v) is 10.5. The molecule has 2 aliphatic rings. The highest BCUT2D eigenvalue weighted by atomic mass is 32.2. The fourth-order valence-corrected chi connectivity index (χ4v) is 5.19. The average Bonchev–Trinajstić information content (AvgIpc) is 2.94. The smallest absolute Gasteiger partial charge is 0.164 e. The molecule has 26 heavy (non-hydrogen) atoms. The van der Waals surface area contributed by atoms with E-state index in [-0.39, 0.29) is 11.7 Å². The number of nitriles is 1. The van der Waals surface area contributed by atoms with Crippen molar-refractivity contribution in [3.63, 3.8) is 0 Å². The Morgan fingerprint density at radius 3 is 2.62 bits per heavy atom. The number of aliphatic imine (C=N–C) groups is 1. The Hall–Kier alpha value is -1.51. The predicted molar refractivity (Wildman–Crippen MR) is 109 cm³/mol. The van der Waals surface area contributed by atoms with E-state index in [1.807, 2.05) is 12.1 Å². The number of thioether (sulfide) groups is 1. The van der Waals surface area contributed by atoms with Crippen molar-refractivity contribution in [3.8, 4) is 6.07 Å². The van der Waals surface area contributed by atoms with Crippen LogP contribution < -0.4 is 0 Å². The second-order valence-corrected chi connectivity index (χ2v) is 9.21. The van der Waals surface area contributed by atoms with Gasteiger partial charge in [0.25, 0.3) is 0 Å². The number of rotatable bonds is 3. The molecule has 5 heteroatoms. The lowest BCUT2D eigenvalue weighted by Gasteiger charge is -2.32. The topological polar surface area (TPSA) is 48.6 Å². The minimum atomic E-state index is -0.142. The quantitative estimate of drug-likeness (QED) is 0.774. The fraction of sp³-hybridized carbons (Fsp3) is 0.619. The van der Waals surface area contributed by atoms with Crippen LogP contribution in [0.5, 0.6) is 0 Å². The Bertz CT molecular complexity index is 745. The lowest BCUT2D eigenvalue weighted by atomic mass is 9.87. The van der Waals surface area contributed by atoms with Crippen molar-refractivity contribution < 1.29 is 4.74 Å². The fourth-order valence-electron chi connectivity index (χ4n) is 3.87. The molecule has 4 nitrogen and oxygen atoms in total. The largest absolute Gasteiger partial charge is 0.371 e. The average molecular weight is 372 g/mol. The van der Waals surface area contributed by atoms with Crippen LogP contribution in [0.1, 0.15) is 57.2 Å². The number of ether oxygens (including phenoxy) is 1. The molecule has 0 N–H and O–H groups in total. The summed E-state index contributed by atoms with van der Waals surface area (Å²) in [4.78, 5) is 7.26. The van der Waals surface area contributed by atoms with Crippen LogP contribution in [0.4, 0.5) is 5.69 Å². The predicted octanol–water partition coefficient (Wildman–Crippen LogP) is 4.68. The van der Waals surface area contributed by atoms with Crippen LogP contribution in [0.15, 0.2) is 17.1 Å². The molecule has 0 spiro atoms. The van der Waals surface area contributed by atoms with Crippen LogP contribution >= 0.6 is 11.8 Å². The minimum Gasteiger partial charge on any atom is -0.371 e. The van der Waals surface area contributed by atoms with Gasteiger partial charge in [0.2, 0.25) is 0 Å². The van der Waals surface area contributed by atoms with Gasteiger partial charge >= 0.3 is 0 Å². The molecule has 0 unspecified atom stereocenters. The lowest BCUT2D eigenvalue weighted by Crippen LogP contribution is -2.43. The number of likely N-dealkylation sites (N-methyl/N-ethyl adjacent to an activating group) is 1. The highest BCUT2D eigenvalue weighted by Gasteiger charge is 2.34. The van der Waals surface area contributed by atoms with E-state index in [0.717, 1.165) is 35.0 Å². The molecule has 3 rings (SSSR count). The van der Waals surface area contributed by atoms with E-state index in [4.69, 9.17) is 9.73 Å². The molecule has 2 atom stereocenters. The van der Waals surface area contributed by atoms with Gasteiger partial charge in [0.15, 0.2) is 5.17 Å². The minimum absolute atomic E-state index is 0.142. The van der Waals surface area contributed by atoms with Crippen LogP contribution in [-0.2, 0) is 17.6 Å². The van der Waals surface area contributed by atoms with Crippen molar-refractivity contribution in [2.24, 2.45) is 4.99 Å². The molecule has 1 aliphatic heterocycles. The Kier molecular flexibility index (Phi) is 5.64. The molecule has 1 aromatic rings. The van der Waals surface area contributed by atoms with Crippen molar-refractivity contribution >= 4 is 22.6 Å². The summed E-state index contributed by atoms with van der Waals surface area (Å²) in [6.07, 6.45) is 4.52. The standard InChI is InChI=1S/C21H29N3OS/c1-14(25-21(2,3)4)19-13-26-20(24(19)5)23-18-11-10-15(12-22)16-8-6-7-9-17(16)18/h10-11,14,19H,6-9,13H2,1-5H3/t14-,19-/m1/s1. The van der Waals surface area contributed by atoms with E-state index in [1.165, 1.54) is 24.0 Å². The monoisotopic (exact) mass is 371 g/mol. The SMILES string of the molecule is C[C@@H](OC(C)(C)C)[C@H]1CSC(=Nc2ccc(C#N)c3c2CCCC3)N1C. The Balaban J connectivity index is 1.84. The number of fused-ring (bicyclic) bond motifs is 1. The molecule has 1 heterocycles. The van der Waals surface area contributed by atoms with Gasteiger partial charge in [-0.25, -0.2) is 4.99 Å². The van der Waals surface area contributed by atoms with Crippen molar-refractivity contribution in [1.82, 2.24) is 4.90 Å². The van der Waals surface area contributed by atoms with Gasteiger partial charge in [0.1, 0.15) is 0 Å². The number of nitrogens with zero attached hydrogens (tertiary/aromatic N) is 3. The normalized spacial score (nSPS) is 23.0. The molecule has 0 radical (unpaired) electrons. The molecule has 0 amide bonds. The Morgan fingerprint density at radius 2 is 1.96 bits per heavy atom. The van der Waals surface area contributed by atoms with Crippen molar-refractivity contribution in [1.29, 1.82) is 5.26 Å². The van der Waals surface area contributed by atoms with Gasteiger partial charge < -0.3 is 9.64 Å². The summed E-state index contributed by atoms with van der Waals surface area (Å²) < 4.78 is 6.17. The van der Waals surface area contributed by atoms with Gasteiger partial charge in [-0.3, -0.25) is 0 Å².